The minimum Gasteiger partial charge on any atom is -0.497 e. The van der Waals surface area contributed by atoms with Crippen molar-refractivity contribution in [1.29, 1.82) is 0 Å². The molecule has 1 atom stereocenters. The normalized spacial score (nSPS) is 13.7. The molecule has 1 amide bonds. The van der Waals surface area contributed by atoms with Crippen molar-refractivity contribution in [2.24, 2.45) is 0 Å². The summed E-state index contributed by atoms with van der Waals surface area (Å²) in [7, 11) is -2.45. The number of halogens is 2. The summed E-state index contributed by atoms with van der Waals surface area (Å²) in [5, 5.41) is 9.16. The molecule has 10 heteroatoms. The Kier molecular flexibility index (Phi) is 6.06. The van der Waals surface area contributed by atoms with Gasteiger partial charge in [0.25, 0.3) is 5.91 Å². The van der Waals surface area contributed by atoms with Crippen molar-refractivity contribution in [1.82, 2.24) is 10.0 Å². The fraction of sp³-hybridized carbons (Fsp3) is 0.286. The number of sulfone groups is 1. The first-order valence-electron chi connectivity index (χ1n) is 9.29. The zero-order valence-electron chi connectivity index (χ0n) is 17.1. The zero-order chi connectivity index (χ0) is 23.0. The van der Waals surface area contributed by atoms with E-state index in [0.29, 0.717) is 11.3 Å². The van der Waals surface area contributed by atoms with E-state index in [9.17, 15) is 17.6 Å². The number of rotatable bonds is 7. The SMILES string of the molecule is COc1ccc(-c2ccc3c(ccn3CC[C@](C)(C(=O)NO)S(C)(=O)=O)c2F)c(F)c1. The summed E-state index contributed by atoms with van der Waals surface area (Å²) < 4.78 is 58.5. The smallest absolute Gasteiger partial charge is 0.264 e. The van der Waals surface area contributed by atoms with Gasteiger partial charge >= 0.3 is 0 Å². The summed E-state index contributed by atoms with van der Waals surface area (Å²) >= 11 is 0. The highest BCUT2D eigenvalue weighted by Crippen LogP contribution is 2.33. The second-order valence-corrected chi connectivity index (χ2v) is 9.85. The molecule has 0 aliphatic heterocycles. The molecule has 0 unspecified atom stereocenters. The molecule has 7 nitrogen and oxygen atoms in total. The van der Waals surface area contributed by atoms with Crippen LogP contribution in [0, 0.1) is 11.6 Å². The topological polar surface area (TPSA) is 97.6 Å². The lowest BCUT2D eigenvalue weighted by Gasteiger charge is -2.25. The van der Waals surface area contributed by atoms with Gasteiger partial charge in [0, 0.05) is 41.6 Å². The average molecular weight is 452 g/mol. The van der Waals surface area contributed by atoms with Crippen molar-refractivity contribution >= 4 is 26.6 Å². The van der Waals surface area contributed by atoms with Gasteiger partial charge in [0.05, 0.1) is 12.6 Å². The van der Waals surface area contributed by atoms with E-state index in [1.165, 1.54) is 49.8 Å². The lowest BCUT2D eigenvalue weighted by atomic mass is 10.0. The third kappa shape index (κ3) is 4.00. The van der Waals surface area contributed by atoms with E-state index < -0.39 is 32.1 Å². The standard InChI is InChI=1S/C21H22F2N2O5S/c1-21(20(26)24-27,31(3,28)29)9-11-25-10-8-16-18(25)7-6-15(19(16)23)14-5-4-13(30-2)12-17(14)22/h4-8,10,12,27H,9,11H2,1-3H3,(H,24,26)/t21-/m1/s1. The number of hydrogen-bond acceptors (Lipinski definition) is 5. The summed E-state index contributed by atoms with van der Waals surface area (Å²) in [6, 6.07) is 8.67. The Balaban J connectivity index is 1.97. The van der Waals surface area contributed by atoms with Gasteiger partial charge in [-0.1, -0.05) is 0 Å². The summed E-state index contributed by atoms with van der Waals surface area (Å²) in [5.41, 5.74) is 2.01. The highest BCUT2D eigenvalue weighted by Gasteiger charge is 2.43. The number of carbonyl (C=O) groups is 1. The van der Waals surface area contributed by atoms with Gasteiger partial charge in [-0.05, 0) is 43.7 Å². The Morgan fingerprint density at radius 3 is 2.45 bits per heavy atom. The number of hydrogen-bond donors (Lipinski definition) is 2. The molecule has 0 aliphatic carbocycles. The van der Waals surface area contributed by atoms with Crippen molar-refractivity contribution < 1.29 is 31.9 Å². The van der Waals surface area contributed by atoms with Crippen LogP contribution in [0.15, 0.2) is 42.6 Å². The molecule has 2 N–H and O–H groups in total. The Labute approximate surface area is 178 Å². The van der Waals surface area contributed by atoms with Crippen LogP contribution in [0.25, 0.3) is 22.0 Å². The van der Waals surface area contributed by atoms with Crippen LogP contribution in [0.4, 0.5) is 8.78 Å². The molecule has 0 radical (unpaired) electrons. The maximum atomic E-state index is 15.2. The van der Waals surface area contributed by atoms with Gasteiger partial charge in [0.1, 0.15) is 17.4 Å². The largest absolute Gasteiger partial charge is 0.497 e. The van der Waals surface area contributed by atoms with E-state index in [4.69, 9.17) is 9.94 Å². The minimum atomic E-state index is -3.86. The molecule has 3 rings (SSSR count). The lowest BCUT2D eigenvalue weighted by Crippen LogP contribution is -2.49. The highest BCUT2D eigenvalue weighted by molar-refractivity contribution is 7.92. The second-order valence-electron chi connectivity index (χ2n) is 7.41. The van der Waals surface area contributed by atoms with Gasteiger partial charge in [-0.2, -0.15) is 0 Å². The number of nitrogens with one attached hydrogen (secondary N) is 1. The molecule has 166 valence electrons. The van der Waals surface area contributed by atoms with E-state index >= 15 is 4.39 Å². The predicted octanol–water partition coefficient (Wildman–Crippen LogP) is 3.29. The number of amides is 1. The van der Waals surface area contributed by atoms with Crippen molar-refractivity contribution in [3.8, 4) is 16.9 Å². The van der Waals surface area contributed by atoms with Crippen LogP contribution in [0.5, 0.6) is 5.75 Å². The number of hydroxylamine groups is 1. The quantitative estimate of drug-likeness (QED) is 0.424. The van der Waals surface area contributed by atoms with Crippen molar-refractivity contribution in [3.05, 3.63) is 54.2 Å². The van der Waals surface area contributed by atoms with Crippen LogP contribution in [0.2, 0.25) is 0 Å². The fourth-order valence-electron chi connectivity index (χ4n) is 3.40. The van der Waals surface area contributed by atoms with Gasteiger partial charge in [0.15, 0.2) is 14.6 Å². The molecule has 0 saturated carbocycles. The van der Waals surface area contributed by atoms with Gasteiger partial charge in [0.2, 0.25) is 0 Å². The minimum absolute atomic E-state index is 0.0656. The van der Waals surface area contributed by atoms with E-state index in [0.717, 1.165) is 6.26 Å². The molecule has 3 aromatic rings. The Hall–Kier alpha value is -2.98. The molecular weight excluding hydrogens is 430 g/mol. The second kappa shape index (κ2) is 8.27. The average Bonchev–Trinajstić information content (AvgIpc) is 3.15. The third-order valence-electron chi connectivity index (χ3n) is 5.58. The molecule has 0 saturated heterocycles. The van der Waals surface area contributed by atoms with Crippen LogP contribution >= 0.6 is 0 Å². The molecule has 1 heterocycles. The first-order chi connectivity index (χ1) is 14.5. The van der Waals surface area contributed by atoms with Crippen molar-refractivity contribution in [2.45, 2.75) is 24.6 Å². The van der Waals surface area contributed by atoms with Crippen LogP contribution in [0.3, 0.4) is 0 Å². The van der Waals surface area contributed by atoms with Gasteiger partial charge in [-0.15, -0.1) is 0 Å². The molecule has 0 bridgehead atoms. The number of aryl methyl sites for hydroxylation is 1. The summed E-state index contributed by atoms with van der Waals surface area (Å²) in [6.45, 7) is 1.28. The monoisotopic (exact) mass is 452 g/mol. The van der Waals surface area contributed by atoms with Gasteiger partial charge < -0.3 is 9.30 Å². The van der Waals surface area contributed by atoms with Crippen LogP contribution in [-0.4, -0.2) is 42.2 Å². The molecule has 2 aromatic carbocycles. The van der Waals surface area contributed by atoms with Gasteiger partial charge in [-0.3, -0.25) is 10.0 Å². The maximum absolute atomic E-state index is 15.2. The van der Waals surface area contributed by atoms with Crippen LogP contribution in [0.1, 0.15) is 13.3 Å². The Bertz CT molecular complexity index is 1260. The number of methoxy groups -OCH3 is 1. The Morgan fingerprint density at radius 1 is 1.19 bits per heavy atom. The number of ether oxygens (including phenoxy) is 1. The molecule has 0 aliphatic rings. The summed E-state index contributed by atoms with van der Waals surface area (Å²) in [6.07, 6.45) is 2.31. The molecule has 1 aromatic heterocycles. The summed E-state index contributed by atoms with van der Waals surface area (Å²) in [4.78, 5) is 12.0. The predicted molar refractivity (Wildman–Crippen MR) is 112 cm³/mol. The number of fused-ring (bicyclic) bond motifs is 1. The Morgan fingerprint density at radius 2 is 1.87 bits per heavy atom. The van der Waals surface area contributed by atoms with Crippen molar-refractivity contribution in [2.75, 3.05) is 13.4 Å². The van der Waals surface area contributed by atoms with E-state index in [2.05, 4.69) is 0 Å². The molecule has 0 fully saturated rings. The molecular formula is C21H22F2N2O5S. The first kappa shape index (κ1) is 22.7. The number of aromatic nitrogens is 1. The maximum Gasteiger partial charge on any atom is 0.264 e. The first-order valence-corrected chi connectivity index (χ1v) is 11.2. The molecule has 0 spiro atoms. The molecule has 31 heavy (non-hydrogen) atoms. The van der Waals surface area contributed by atoms with E-state index in [-0.39, 0.29) is 29.5 Å². The van der Waals surface area contributed by atoms with E-state index in [1.807, 2.05) is 0 Å². The van der Waals surface area contributed by atoms with Crippen LogP contribution < -0.4 is 10.2 Å². The number of carbonyl (C=O) groups excluding carboxylic acids is 1. The van der Waals surface area contributed by atoms with Crippen molar-refractivity contribution in [3.63, 3.8) is 0 Å². The number of benzene rings is 2. The number of nitrogens with zero attached hydrogens (tertiary/aromatic N) is 1. The zero-order valence-corrected chi connectivity index (χ0v) is 18.0. The van der Waals surface area contributed by atoms with Crippen LogP contribution in [-0.2, 0) is 21.2 Å². The van der Waals surface area contributed by atoms with Gasteiger partial charge in [-0.25, -0.2) is 22.7 Å². The lowest BCUT2D eigenvalue weighted by molar-refractivity contribution is -0.131. The van der Waals surface area contributed by atoms with E-state index in [1.54, 1.807) is 16.8 Å². The summed E-state index contributed by atoms with van der Waals surface area (Å²) in [5.74, 6) is -1.99. The fourth-order valence-corrected chi connectivity index (χ4v) is 4.24. The third-order valence-corrected chi connectivity index (χ3v) is 7.61. The highest BCUT2D eigenvalue weighted by atomic mass is 32.2.